The fourth-order valence-corrected chi connectivity index (χ4v) is 3.60. The minimum absolute atomic E-state index is 0. The first-order valence-corrected chi connectivity index (χ1v) is 12.1. The van der Waals surface area contributed by atoms with E-state index in [0.717, 1.165) is 0 Å². The Bertz CT molecular complexity index is 207. The Balaban J connectivity index is -0.000000960. The van der Waals surface area contributed by atoms with Crippen LogP contribution in [0, 0.1) is 0 Å². The Morgan fingerprint density at radius 2 is 0.571 bits per heavy atom. The van der Waals surface area contributed by atoms with Crippen LogP contribution >= 0.6 is 48.0 Å². The van der Waals surface area contributed by atoms with Crippen LogP contribution in [0.3, 0.4) is 0 Å². The van der Waals surface area contributed by atoms with Gasteiger partial charge < -0.3 is 11.5 Å². The van der Waals surface area contributed by atoms with Crippen molar-refractivity contribution >= 4 is 48.0 Å². The lowest BCUT2D eigenvalue weighted by Crippen LogP contribution is -2.16. The summed E-state index contributed by atoms with van der Waals surface area (Å²) in [5, 5.41) is 3.59. The third kappa shape index (κ3) is 34.9. The summed E-state index contributed by atoms with van der Waals surface area (Å²) < 4.78 is 0. The predicted molar refractivity (Wildman–Crippen MR) is 152 cm³/mol. The van der Waals surface area contributed by atoms with E-state index in [-0.39, 0.29) is 54.1 Å². The highest BCUT2D eigenvalue weighted by Gasteiger charge is 1.95. The topological polar surface area (TPSA) is 47.0 Å². The van der Waals surface area contributed by atoms with E-state index in [1.807, 2.05) is 0 Å². The molecule has 0 aromatic carbocycles. The summed E-state index contributed by atoms with van der Waals surface area (Å²) in [6, 6.07) is 0. The van der Waals surface area contributed by atoms with Crippen molar-refractivity contribution in [2.75, 3.05) is 13.1 Å². The van der Waals surface area contributed by atoms with Gasteiger partial charge in [-0.1, -0.05) is 129 Å². The van der Waals surface area contributed by atoms with E-state index in [2.05, 4.69) is 19.2 Å². The fraction of sp³-hybridized carbons (Fsp3) is 1.00. The molecule has 176 valence electrons. The molecule has 0 bridgehead atoms. The molecule has 0 saturated heterocycles. The third-order valence-electron chi connectivity index (χ3n) is 5.41. The summed E-state index contributed by atoms with van der Waals surface area (Å²) in [7, 11) is 0. The molecule has 0 aliphatic heterocycles. The van der Waals surface area contributed by atoms with Crippen LogP contribution in [0.25, 0.3) is 0 Å². The van der Waals surface area contributed by atoms with Crippen molar-refractivity contribution in [1.82, 2.24) is 11.5 Å². The first-order valence-electron chi connectivity index (χ1n) is 12.1. The minimum atomic E-state index is 0. The number of rotatable bonds is 22. The molecule has 0 amide bonds. The Morgan fingerprint density at radius 3 is 0.857 bits per heavy atom. The maximum atomic E-state index is 3.59. The summed E-state index contributed by atoms with van der Waals surface area (Å²) in [6.45, 7) is 7.06. The normalized spacial score (nSPS) is 10.1. The van der Waals surface area contributed by atoms with Gasteiger partial charge in [0.25, 0.3) is 0 Å². The molecule has 0 aliphatic carbocycles. The maximum Gasteiger partial charge on any atom is -0.00489 e. The lowest BCUT2D eigenvalue weighted by molar-refractivity contribution is 0.522. The van der Waals surface area contributed by atoms with Gasteiger partial charge in [0.15, 0.2) is 0 Å². The van der Waals surface area contributed by atoms with Gasteiger partial charge in [0.05, 0.1) is 0 Å². The zero-order valence-electron chi connectivity index (χ0n) is 19.6. The number of hydrogen-bond donors (Lipinski definition) is 2. The predicted octanol–water partition coefficient (Wildman–Crippen LogP) is 9.82. The fourth-order valence-electron chi connectivity index (χ4n) is 3.60. The van der Waals surface area contributed by atoms with Crippen molar-refractivity contribution in [1.29, 1.82) is 0 Å². The molecule has 0 atom stereocenters. The molecule has 0 heterocycles. The summed E-state index contributed by atoms with van der Waals surface area (Å²) >= 11 is 0. The largest absolute Gasteiger partial charge is 0.344 e. The van der Waals surface area contributed by atoms with E-state index in [1.54, 1.807) is 0 Å². The van der Waals surface area contributed by atoms with Crippen molar-refractivity contribution in [2.24, 2.45) is 0 Å². The highest BCUT2D eigenvalue weighted by atomic mass is 127. The van der Waals surface area contributed by atoms with Crippen LogP contribution in [-0.2, 0) is 0 Å². The van der Waals surface area contributed by atoms with Crippen molar-refractivity contribution in [3.63, 3.8) is 0 Å². The van der Waals surface area contributed by atoms with Crippen molar-refractivity contribution in [2.45, 2.75) is 142 Å². The number of halogens is 2. The zero-order chi connectivity index (χ0) is 18.3. The van der Waals surface area contributed by atoms with Gasteiger partial charge in [-0.2, -0.15) is 0 Å². The Labute approximate surface area is 213 Å². The number of nitrogens with one attached hydrogen (secondary N) is 1. The van der Waals surface area contributed by atoms with E-state index in [0.29, 0.717) is 0 Å². The molecule has 0 aromatic heterocycles. The van der Waals surface area contributed by atoms with Gasteiger partial charge in [0, 0.05) is 0 Å². The zero-order valence-corrected chi connectivity index (χ0v) is 24.2. The van der Waals surface area contributed by atoms with Crippen LogP contribution in [0.2, 0.25) is 0 Å². The van der Waals surface area contributed by atoms with E-state index in [4.69, 9.17) is 0 Å². The van der Waals surface area contributed by atoms with Crippen LogP contribution in [0.4, 0.5) is 0 Å². The lowest BCUT2D eigenvalue weighted by atomic mass is 10.0. The second kappa shape index (κ2) is 35.8. The Hall–Kier alpha value is 1.38. The molecule has 0 fully saturated rings. The van der Waals surface area contributed by atoms with Crippen molar-refractivity contribution < 1.29 is 0 Å². The van der Waals surface area contributed by atoms with Crippen molar-refractivity contribution in [3.05, 3.63) is 0 Å². The number of unbranched alkanes of at least 4 members (excludes halogenated alkanes) is 18. The van der Waals surface area contributed by atoms with Gasteiger partial charge >= 0.3 is 0 Å². The van der Waals surface area contributed by atoms with Crippen LogP contribution in [-0.4, -0.2) is 13.1 Å². The quantitative estimate of drug-likeness (QED) is 0.0929. The maximum absolute atomic E-state index is 3.59. The van der Waals surface area contributed by atoms with Gasteiger partial charge in [-0.05, 0) is 25.9 Å². The van der Waals surface area contributed by atoms with Gasteiger partial charge in [0.2, 0.25) is 0 Å². The molecule has 0 saturated carbocycles. The second-order valence-electron chi connectivity index (χ2n) is 8.11. The third-order valence-corrected chi connectivity index (χ3v) is 5.41. The van der Waals surface area contributed by atoms with Gasteiger partial charge in [-0.15, -0.1) is 48.0 Å². The molecule has 0 spiro atoms. The smallest absolute Gasteiger partial charge is 0.00489 e. The number of hydrogen-bond acceptors (Lipinski definition) is 2. The monoisotopic (exact) mass is 626 g/mol. The Kier molecular flexibility index (Phi) is 47.0. The van der Waals surface area contributed by atoms with E-state index >= 15 is 0 Å². The van der Waals surface area contributed by atoms with Gasteiger partial charge in [-0.3, -0.25) is 0 Å². The molecule has 0 radical (unpaired) electrons. The molecule has 2 nitrogen and oxygen atoms in total. The molecule has 0 rings (SSSR count). The summed E-state index contributed by atoms with van der Waals surface area (Å²) in [5.41, 5.74) is 0. The lowest BCUT2D eigenvalue weighted by Gasteiger charge is -2.05. The molecular weight excluding hydrogens is 570 g/mol. The first kappa shape index (κ1) is 36.7. The molecule has 28 heavy (non-hydrogen) atoms. The molecule has 0 aromatic rings. The van der Waals surface area contributed by atoms with Crippen LogP contribution < -0.4 is 11.5 Å². The van der Waals surface area contributed by atoms with Crippen LogP contribution in [0.5, 0.6) is 0 Å². The van der Waals surface area contributed by atoms with E-state index in [9.17, 15) is 0 Å². The SMILES string of the molecule is CCCCCCCCCCCCCCCCCCNCCCCCC.I.I.N. The van der Waals surface area contributed by atoms with Gasteiger partial charge in [-0.25, -0.2) is 0 Å². The second-order valence-corrected chi connectivity index (χ2v) is 8.11. The Morgan fingerprint density at radius 1 is 0.357 bits per heavy atom. The van der Waals surface area contributed by atoms with Crippen LogP contribution in [0.1, 0.15) is 142 Å². The minimum Gasteiger partial charge on any atom is -0.344 e. The van der Waals surface area contributed by atoms with Crippen molar-refractivity contribution in [3.8, 4) is 0 Å². The van der Waals surface area contributed by atoms with Gasteiger partial charge in [0.1, 0.15) is 0 Å². The van der Waals surface area contributed by atoms with E-state index in [1.165, 1.54) is 142 Å². The molecule has 4 N–H and O–H groups in total. The molecular formula is C24H56I2N2. The van der Waals surface area contributed by atoms with Crippen LogP contribution in [0.15, 0.2) is 0 Å². The summed E-state index contributed by atoms with van der Waals surface area (Å²) in [5.74, 6) is 0. The standard InChI is InChI=1S/C24H51N.2HI.H3N/c1-3-5-7-9-10-11-12-13-14-15-16-17-18-19-20-22-24-25-23-21-8-6-4-2;;;/h25H,3-24H2,1-2H3;2*1H;1H3. The average molecular weight is 627 g/mol. The molecule has 0 aliphatic rings. The summed E-state index contributed by atoms with van der Waals surface area (Å²) in [4.78, 5) is 0. The molecule has 4 heteroatoms. The average Bonchev–Trinajstić information content (AvgIpc) is 2.63. The highest BCUT2D eigenvalue weighted by Crippen LogP contribution is 2.13. The van der Waals surface area contributed by atoms with E-state index < -0.39 is 0 Å². The molecule has 0 unspecified atom stereocenters. The highest BCUT2D eigenvalue weighted by molar-refractivity contribution is 14.0. The summed E-state index contributed by atoms with van der Waals surface area (Å²) in [6.07, 6.45) is 28.8. The first-order chi connectivity index (χ1) is 12.4.